The summed E-state index contributed by atoms with van der Waals surface area (Å²) in [5, 5.41) is 12.8. The summed E-state index contributed by atoms with van der Waals surface area (Å²) in [7, 11) is 1.60. The summed E-state index contributed by atoms with van der Waals surface area (Å²) >= 11 is 6.16. The number of nitrogens with one attached hydrogen (secondary N) is 1. The van der Waals surface area contributed by atoms with Crippen LogP contribution in [0.25, 0.3) is 0 Å². The Kier molecular flexibility index (Phi) is 6.98. The van der Waals surface area contributed by atoms with Crippen LogP contribution < -0.4 is 14.8 Å². The third kappa shape index (κ3) is 5.65. The minimum atomic E-state index is -0.997. The van der Waals surface area contributed by atoms with E-state index in [1.807, 2.05) is 36.4 Å². The molecule has 0 aliphatic rings. The van der Waals surface area contributed by atoms with Gasteiger partial charge in [0.2, 0.25) is 0 Å². The third-order valence-electron chi connectivity index (χ3n) is 4.42. The van der Waals surface area contributed by atoms with Crippen molar-refractivity contribution in [3.05, 3.63) is 88.4 Å². The number of hydrogen-bond acceptors (Lipinski definition) is 4. The molecule has 3 aromatic carbocycles. The minimum Gasteiger partial charge on any atom is -0.493 e. The van der Waals surface area contributed by atoms with E-state index in [2.05, 4.69) is 17.4 Å². The molecule has 0 spiro atoms. The molecule has 0 radical (unpaired) electrons. The van der Waals surface area contributed by atoms with Crippen molar-refractivity contribution in [2.75, 3.05) is 19.0 Å². The van der Waals surface area contributed by atoms with Crippen molar-refractivity contribution in [1.82, 2.24) is 0 Å². The molecule has 0 atom stereocenters. The van der Waals surface area contributed by atoms with E-state index >= 15 is 0 Å². The van der Waals surface area contributed by atoms with Gasteiger partial charge in [0.1, 0.15) is 0 Å². The fraction of sp³-hybridized carbons (Fsp3) is 0.174. The maximum atomic E-state index is 11.1. The molecule has 3 rings (SSSR count). The van der Waals surface area contributed by atoms with Crippen LogP contribution in [0, 0.1) is 0 Å². The fourth-order valence-electron chi connectivity index (χ4n) is 2.86. The lowest BCUT2D eigenvalue weighted by Crippen LogP contribution is -2.05. The van der Waals surface area contributed by atoms with Crippen LogP contribution in [0.4, 0.5) is 5.69 Å². The molecular formula is C23H22ClNO4. The second kappa shape index (κ2) is 9.85. The molecule has 3 aromatic rings. The molecule has 150 valence electrons. The number of halogens is 1. The number of rotatable bonds is 9. The molecule has 0 fully saturated rings. The highest BCUT2D eigenvalue weighted by Crippen LogP contribution is 2.29. The summed E-state index contributed by atoms with van der Waals surface area (Å²) in [6.07, 6.45) is 0.811. The molecule has 0 amide bonds. The van der Waals surface area contributed by atoms with Crippen molar-refractivity contribution in [3.63, 3.8) is 0 Å². The number of aromatic carboxylic acids is 1. The number of carboxylic acid groups (broad SMARTS) is 1. The predicted molar refractivity (Wildman–Crippen MR) is 114 cm³/mol. The number of ether oxygens (including phenoxy) is 2. The fourth-order valence-corrected chi connectivity index (χ4v) is 3.04. The largest absolute Gasteiger partial charge is 0.493 e. The Bertz CT molecular complexity index is 976. The Morgan fingerprint density at radius 1 is 1.00 bits per heavy atom. The smallest absolute Gasteiger partial charge is 0.335 e. The zero-order valence-corrected chi connectivity index (χ0v) is 16.8. The number of carbonyl (C=O) groups is 1. The molecule has 0 saturated carbocycles. The van der Waals surface area contributed by atoms with Gasteiger partial charge in [-0.3, -0.25) is 0 Å². The number of benzene rings is 3. The van der Waals surface area contributed by atoms with Gasteiger partial charge < -0.3 is 19.9 Å². The molecule has 0 aliphatic heterocycles. The second-order valence-corrected chi connectivity index (χ2v) is 6.83. The highest BCUT2D eigenvalue weighted by molar-refractivity contribution is 6.33. The zero-order valence-electron chi connectivity index (χ0n) is 16.0. The van der Waals surface area contributed by atoms with Gasteiger partial charge in [-0.25, -0.2) is 4.79 Å². The number of anilines is 1. The maximum absolute atomic E-state index is 11.1. The first-order chi connectivity index (χ1) is 14.1. The van der Waals surface area contributed by atoms with Crippen molar-refractivity contribution >= 4 is 23.3 Å². The molecule has 0 heterocycles. The quantitative estimate of drug-likeness (QED) is 0.501. The van der Waals surface area contributed by atoms with Crippen LogP contribution in [0.5, 0.6) is 11.5 Å². The van der Waals surface area contributed by atoms with Gasteiger partial charge in [0.15, 0.2) is 11.5 Å². The second-order valence-electron chi connectivity index (χ2n) is 6.42. The van der Waals surface area contributed by atoms with Gasteiger partial charge in [0.05, 0.1) is 30.0 Å². The Morgan fingerprint density at radius 2 is 1.79 bits per heavy atom. The molecule has 29 heavy (non-hydrogen) atoms. The van der Waals surface area contributed by atoms with E-state index in [-0.39, 0.29) is 5.56 Å². The molecule has 0 unspecified atom stereocenters. The van der Waals surface area contributed by atoms with Gasteiger partial charge in [-0.1, -0.05) is 48.0 Å². The standard InChI is InChI=1S/C23H22ClNO4/c1-28-22-13-17(15-25-20-14-18(23(26)27)8-9-19(20)24)7-10-21(22)29-12-11-16-5-3-2-4-6-16/h2-10,13-14,25H,11-12,15H2,1H3,(H,26,27). The summed E-state index contributed by atoms with van der Waals surface area (Å²) in [6, 6.07) is 20.4. The summed E-state index contributed by atoms with van der Waals surface area (Å²) in [5.41, 5.74) is 2.91. The molecule has 6 heteroatoms. The molecule has 0 aliphatic carbocycles. The van der Waals surface area contributed by atoms with E-state index in [0.29, 0.717) is 35.4 Å². The zero-order chi connectivity index (χ0) is 20.6. The molecule has 0 bridgehead atoms. The van der Waals surface area contributed by atoms with Crippen LogP contribution >= 0.6 is 11.6 Å². The summed E-state index contributed by atoms with van der Waals surface area (Å²) in [5.74, 6) is 0.323. The van der Waals surface area contributed by atoms with Crippen LogP contribution in [0.15, 0.2) is 66.7 Å². The van der Waals surface area contributed by atoms with Gasteiger partial charge in [0, 0.05) is 13.0 Å². The Labute approximate surface area is 174 Å². The molecule has 5 nitrogen and oxygen atoms in total. The highest BCUT2D eigenvalue weighted by Gasteiger charge is 2.09. The van der Waals surface area contributed by atoms with E-state index in [0.717, 1.165) is 12.0 Å². The first kappa shape index (κ1) is 20.6. The van der Waals surface area contributed by atoms with Gasteiger partial charge in [-0.15, -0.1) is 0 Å². The average Bonchev–Trinajstić information content (AvgIpc) is 2.74. The summed E-state index contributed by atoms with van der Waals surface area (Å²) in [6.45, 7) is 1.01. The third-order valence-corrected chi connectivity index (χ3v) is 4.75. The van der Waals surface area contributed by atoms with Gasteiger partial charge in [-0.05, 0) is 41.5 Å². The average molecular weight is 412 g/mol. The normalized spacial score (nSPS) is 10.4. The minimum absolute atomic E-state index is 0.177. The molecule has 2 N–H and O–H groups in total. The van der Waals surface area contributed by atoms with Crippen LogP contribution in [-0.2, 0) is 13.0 Å². The molecule has 0 aromatic heterocycles. The van der Waals surface area contributed by atoms with Crippen LogP contribution in [-0.4, -0.2) is 24.8 Å². The monoisotopic (exact) mass is 411 g/mol. The van der Waals surface area contributed by atoms with E-state index in [9.17, 15) is 4.79 Å². The lowest BCUT2D eigenvalue weighted by Gasteiger charge is -2.14. The van der Waals surface area contributed by atoms with E-state index < -0.39 is 5.97 Å². The first-order valence-electron chi connectivity index (χ1n) is 9.17. The van der Waals surface area contributed by atoms with Crippen molar-refractivity contribution in [3.8, 4) is 11.5 Å². The summed E-state index contributed by atoms with van der Waals surface area (Å²) < 4.78 is 11.3. The summed E-state index contributed by atoms with van der Waals surface area (Å²) in [4.78, 5) is 11.1. The van der Waals surface area contributed by atoms with Gasteiger partial charge in [0.25, 0.3) is 0 Å². The number of methoxy groups -OCH3 is 1. The van der Waals surface area contributed by atoms with E-state index in [1.54, 1.807) is 13.2 Å². The van der Waals surface area contributed by atoms with Crippen molar-refractivity contribution in [1.29, 1.82) is 0 Å². The highest BCUT2D eigenvalue weighted by atomic mass is 35.5. The first-order valence-corrected chi connectivity index (χ1v) is 9.55. The van der Waals surface area contributed by atoms with E-state index in [1.165, 1.54) is 17.7 Å². The van der Waals surface area contributed by atoms with Crippen LogP contribution in [0.3, 0.4) is 0 Å². The van der Waals surface area contributed by atoms with Crippen molar-refractivity contribution < 1.29 is 19.4 Å². The van der Waals surface area contributed by atoms with Gasteiger partial charge in [-0.2, -0.15) is 0 Å². The van der Waals surface area contributed by atoms with Crippen molar-refractivity contribution in [2.45, 2.75) is 13.0 Å². The van der Waals surface area contributed by atoms with Crippen LogP contribution in [0.1, 0.15) is 21.5 Å². The number of carboxylic acids is 1. The number of hydrogen-bond donors (Lipinski definition) is 2. The SMILES string of the molecule is COc1cc(CNc2cc(C(=O)O)ccc2Cl)ccc1OCCc1ccccc1. The topological polar surface area (TPSA) is 67.8 Å². The van der Waals surface area contributed by atoms with Crippen LogP contribution in [0.2, 0.25) is 5.02 Å². The Balaban J connectivity index is 1.63. The maximum Gasteiger partial charge on any atom is 0.335 e. The molecular weight excluding hydrogens is 390 g/mol. The van der Waals surface area contributed by atoms with Gasteiger partial charge >= 0.3 is 5.97 Å². The Morgan fingerprint density at radius 3 is 2.52 bits per heavy atom. The van der Waals surface area contributed by atoms with Crippen molar-refractivity contribution in [2.24, 2.45) is 0 Å². The molecule has 0 saturated heterocycles. The lowest BCUT2D eigenvalue weighted by atomic mass is 10.1. The Hall–Kier alpha value is -3.18. The predicted octanol–water partition coefficient (Wildman–Crippen LogP) is 5.28. The van der Waals surface area contributed by atoms with E-state index in [4.69, 9.17) is 26.2 Å². The lowest BCUT2D eigenvalue weighted by molar-refractivity contribution is 0.0697.